The number of hydrogen-bond acceptors (Lipinski definition) is 8. The van der Waals surface area contributed by atoms with Gasteiger partial charge in [0, 0.05) is 30.5 Å². The van der Waals surface area contributed by atoms with E-state index in [1.165, 1.54) is 19.1 Å². The Morgan fingerprint density at radius 3 is 2.53 bits per heavy atom. The molecule has 32 heavy (non-hydrogen) atoms. The predicted octanol–water partition coefficient (Wildman–Crippen LogP) is 2.59. The molecule has 1 aromatic carbocycles. The second-order valence-corrected chi connectivity index (χ2v) is 7.39. The number of allylic oxidation sites excluding steroid dienone is 2. The zero-order valence-corrected chi connectivity index (χ0v) is 18.1. The number of carbonyl (C=O) groups is 1. The SMILES string of the molecule is CCOC(=O)N1CC=C2C(C#N)=C(N)C(C#N)(C#N)C(c3cc(OC)ccc3OC)C2C1. The Morgan fingerprint density at radius 2 is 1.97 bits per heavy atom. The smallest absolute Gasteiger partial charge is 0.410 e. The fourth-order valence-electron chi connectivity index (χ4n) is 4.47. The normalized spacial score (nSPS) is 21.2. The number of hydrogen-bond donors (Lipinski definition) is 1. The molecule has 1 amide bonds. The van der Waals surface area contributed by atoms with Gasteiger partial charge in [0.15, 0.2) is 5.41 Å². The predicted molar refractivity (Wildman–Crippen MR) is 113 cm³/mol. The Labute approximate surface area is 186 Å². The van der Waals surface area contributed by atoms with Gasteiger partial charge in [-0.15, -0.1) is 0 Å². The third kappa shape index (κ3) is 3.36. The van der Waals surface area contributed by atoms with Gasteiger partial charge in [-0.05, 0) is 30.7 Å². The second kappa shape index (κ2) is 8.91. The second-order valence-electron chi connectivity index (χ2n) is 7.39. The first-order valence-corrected chi connectivity index (χ1v) is 9.99. The number of carbonyl (C=O) groups excluding carboxylic acids is 1. The molecule has 2 N–H and O–H groups in total. The molecule has 1 aromatic rings. The summed E-state index contributed by atoms with van der Waals surface area (Å²) in [5.74, 6) is -0.465. The molecular formula is C23H23N5O4. The number of methoxy groups -OCH3 is 2. The first-order chi connectivity index (χ1) is 15.4. The van der Waals surface area contributed by atoms with Gasteiger partial charge in [-0.2, -0.15) is 15.8 Å². The molecule has 9 heteroatoms. The summed E-state index contributed by atoms with van der Waals surface area (Å²) in [4.78, 5) is 13.9. The molecule has 0 aromatic heterocycles. The van der Waals surface area contributed by atoms with E-state index in [2.05, 4.69) is 18.2 Å². The van der Waals surface area contributed by atoms with Crippen molar-refractivity contribution in [1.82, 2.24) is 4.90 Å². The van der Waals surface area contributed by atoms with Crippen LogP contribution in [0.4, 0.5) is 4.79 Å². The molecule has 3 rings (SSSR count). The highest BCUT2D eigenvalue weighted by Crippen LogP contribution is 2.56. The van der Waals surface area contributed by atoms with Gasteiger partial charge in [0.2, 0.25) is 0 Å². The van der Waals surface area contributed by atoms with Crippen LogP contribution in [0.5, 0.6) is 11.5 Å². The summed E-state index contributed by atoms with van der Waals surface area (Å²) in [6.07, 6.45) is 1.22. The van der Waals surface area contributed by atoms with Crippen LogP contribution in [-0.2, 0) is 4.74 Å². The van der Waals surface area contributed by atoms with Gasteiger partial charge in [0.25, 0.3) is 0 Å². The number of ether oxygens (including phenoxy) is 3. The standard InChI is InChI=1S/C23H23N5O4/c1-4-32-22(29)28-8-7-15-17(10-24)21(27)23(12-25,13-26)20(18(15)11-28)16-9-14(30-2)5-6-19(16)31-3/h5-7,9,18,20H,4,8,11,27H2,1-3H3. The van der Waals surface area contributed by atoms with Crippen molar-refractivity contribution >= 4 is 6.09 Å². The molecule has 0 saturated carbocycles. The summed E-state index contributed by atoms with van der Waals surface area (Å²) < 4.78 is 16.0. The Bertz CT molecular complexity index is 1100. The van der Waals surface area contributed by atoms with Crippen molar-refractivity contribution in [3.05, 3.63) is 46.7 Å². The van der Waals surface area contributed by atoms with Crippen molar-refractivity contribution in [2.45, 2.75) is 12.8 Å². The van der Waals surface area contributed by atoms with Crippen LogP contribution < -0.4 is 15.2 Å². The van der Waals surface area contributed by atoms with Gasteiger partial charge in [0.05, 0.1) is 44.2 Å². The molecular weight excluding hydrogens is 410 g/mol. The van der Waals surface area contributed by atoms with E-state index in [1.807, 2.05) is 0 Å². The van der Waals surface area contributed by atoms with Crippen LogP contribution >= 0.6 is 0 Å². The molecule has 1 aliphatic carbocycles. The molecule has 0 saturated heterocycles. The van der Waals surface area contributed by atoms with E-state index in [4.69, 9.17) is 19.9 Å². The number of amides is 1. The zero-order valence-electron chi connectivity index (χ0n) is 18.1. The van der Waals surface area contributed by atoms with E-state index in [9.17, 15) is 20.6 Å². The lowest BCUT2D eigenvalue weighted by Crippen LogP contribution is -2.49. The third-order valence-corrected chi connectivity index (χ3v) is 5.96. The lowest BCUT2D eigenvalue weighted by molar-refractivity contribution is 0.0998. The highest BCUT2D eigenvalue weighted by molar-refractivity contribution is 5.69. The van der Waals surface area contributed by atoms with Crippen LogP contribution in [-0.4, -0.2) is 44.9 Å². The summed E-state index contributed by atoms with van der Waals surface area (Å²) in [5.41, 5.74) is 5.58. The minimum absolute atomic E-state index is 0.0970. The monoisotopic (exact) mass is 433 g/mol. The fourth-order valence-corrected chi connectivity index (χ4v) is 4.47. The van der Waals surface area contributed by atoms with Crippen molar-refractivity contribution in [3.8, 4) is 29.7 Å². The molecule has 164 valence electrons. The minimum atomic E-state index is -1.86. The molecule has 0 radical (unpaired) electrons. The van der Waals surface area contributed by atoms with Crippen LogP contribution in [0, 0.1) is 45.3 Å². The van der Waals surface area contributed by atoms with E-state index >= 15 is 0 Å². The van der Waals surface area contributed by atoms with Crippen molar-refractivity contribution in [2.24, 2.45) is 17.1 Å². The summed E-state index contributed by atoms with van der Waals surface area (Å²) in [7, 11) is 2.99. The van der Waals surface area contributed by atoms with Crippen molar-refractivity contribution in [2.75, 3.05) is 33.9 Å². The summed E-state index contributed by atoms with van der Waals surface area (Å²) >= 11 is 0. The molecule has 1 heterocycles. The first-order valence-electron chi connectivity index (χ1n) is 9.99. The highest BCUT2D eigenvalue weighted by Gasteiger charge is 2.55. The van der Waals surface area contributed by atoms with Crippen LogP contribution in [0.1, 0.15) is 18.4 Å². The molecule has 1 aliphatic heterocycles. The van der Waals surface area contributed by atoms with E-state index < -0.39 is 23.3 Å². The van der Waals surface area contributed by atoms with E-state index in [0.717, 1.165) is 0 Å². The molecule has 0 spiro atoms. The average molecular weight is 433 g/mol. The maximum absolute atomic E-state index is 12.5. The molecule has 0 fully saturated rings. The van der Waals surface area contributed by atoms with E-state index in [-0.39, 0.29) is 31.0 Å². The summed E-state index contributed by atoms with van der Waals surface area (Å²) in [6, 6.07) is 11.3. The Hall–Kier alpha value is -4.16. The molecule has 0 bridgehead atoms. The summed E-state index contributed by atoms with van der Waals surface area (Å²) in [5, 5.41) is 30.2. The van der Waals surface area contributed by atoms with Gasteiger partial charge >= 0.3 is 6.09 Å². The summed E-state index contributed by atoms with van der Waals surface area (Å²) in [6.45, 7) is 2.28. The lowest BCUT2D eigenvalue weighted by atomic mass is 9.58. The van der Waals surface area contributed by atoms with Gasteiger partial charge in [-0.1, -0.05) is 6.08 Å². The third-order valence-electron chi connectivity index (χ3n) is 5.96. The Kier molecular flexibility index (Phi) is 6.27. The maximum Gasteiger partial charge on any atom is 0.410 e. The number of nitriles is 3. The lowest BCUT2D eigenvalue weighted by Gasteiger charge is -2.45. The van der Waals surface area contributed by atoms with Crippen LogP contribution in [0.25, 0.3) is 0 Å². The fraction of sp³-hybridized carbons (Fsp3) is 0.391. The zero-order chi connectivity index (χ0) is 23.5. The van der Waals surface area contributed by atoms with Gasteiger partial charge in [0.1, 0.15) is 17.6 Å². The number of nitrogens with zero attached hydrogens (tertiary/aromatic N) is 4. The van der Waals surface area contributed by atoms with Gasteiger partial charge in [-0.25, -0.2) is 4.79 Å². The number of benzene rings is 1. The highest BCUT2D eigenvalue weighted by atomic mass is 16.6. The number of fused-ring (bicyclic) bond motifs is 1. The molecule has 2 unspecified atom stereocenters. The van der Waals surface area contributed by atoms with Crippen molar-refractivity contribution < 1.29 is 19.0 Å². The molecule has 2 aliphatic rings. The van der Waals surface area contributed by atoms with Crippen molar-refractivity contribution in [1.29, 1.82) is 15.8 Å². The number of nitrogens with two attached hydrogens (primary N) is 1. The average Bonchev–Trinajstić information content (AvgIpc) is 2.82. The van der Waals surface area contributed by atoms with Crippen LogP contribution in [0.2, 0.25) is 0 Å². The van der Waals surface area contributed by atoms with Gasteiger partial charge < -0.3 is 24.8 Å². The van der Waals surface area contributed by atoms with E-state index in [0.29, 0.717) is 22.6 Å². The van der Waals surface area contributed by atoms with Crippen molar-refractivity contribution in [3.63, 3.8) is 0 Å². The number of rotatable bonds is 4. The first kappa shape index (κ1) is 22.5. The maximum atomic E-state index is 12.5. The molecule has 2 atom stereocenters. The Morgan fingerprint density at radius 1 is 1.25 bits per heavy atom. The van der Waals surface area contributed by atoms with Crippen LogP contribution in [0.15, 0.2) is 41.1 Å². The van der Waals surface area contributed by atoms with Crippen LogP contribution in [0.3, 0.4) is 0 Å². The van der Waals surface area contributed by atoms with E-state index in [1.54, 1.807) is 31.2 Å². The minimum Gasteiger partial charge on any atom is -0.497 e. The van der Waals surface area contributed by atoms with Gasteiger partial charge in [-0.3, -0.25) is 0 Å². The topological polar surface area (TPSA) is 145 Å². The quantitative estimate of drug-likeness (QED) is 0.762. The largest absolute Gasteiger partial charge is 0.497 e. The molecule has 9 nitrogen and oxygen atoms in total. The Balaban J connectivity index is 2.32.